The summed E-state index contributed by atoms with van der Waals surface area (Å²) in [4.78, 5) is 0. The van der Waals surface area contributed by atoms with Gasteiger partial charge in [-0.05, 0) is 18.1 Å². The van der Waals surface area contributed by atoms with E-state index in [2.05, 4.69) is 19.1 Å². The van der Waals surface area contributed by atoms with E-state index < -0.39 is 0 Å². The van der Waals surface area contributed by atoms with Crippen molar-refractivity contribution in [2.45, 2.75) is 25.6 Å². The van der Waals surface area contributed by atoms with E-state index in [0.29, 0.717) is 5.88 Å². The molecule has 1 aromatic carbocycles. The van der Waals surface area contributed by atoms with Gasteiger partial charge in [0, 0.05) is 5.56 Å². The van der Waals surface area contributed by atoms with Crippen molar-refractivity contribution < 1.29 is 4.74 Å². The Morgan fingerprint density at radius 1 is 1.38 bits per heavy atom. The molecular formula is C11H15ClO. The van der Waals surface area contributed by atoms with Gasteiger partial charge in [0.05, 0.1) is 13.0 Å². The van der Waals surface area contributed by atoms with Crippen molar-refractivity contribution in [2.24, 2.45) is 0 Å². The first-order valence-electron chi connectivity index (χ1n) is 4.53. The van der Waals surface area contributed by atoms with Gasteiger partial charge in [0.1, 0.15) is 5.75 Å². The molecule has 1 aromatic rings. The molecule has 72 valence electrons. The summed E-state index contributed by atoms with van der Waals surface area (Å²) in [6.45, 7) is 2.17. The van der Waals surface area contributed by atoms with Crippen molar-refractivity contribution in [3.63, 3.8) is 0 Å². The Balaban J connectivity index is 2.91. The van der Waals surface area contributed by atoms with Gasteiger partial charge in [-0.3, -0.25) is 0 Å². The zero-order valence-electron chi connectivity index (χ0n) is 8.14. The lowest BCUT2D eigenvalue weighted by Crippen LogP contribution is -1.92. The van der Waals surface area contributed by atoms with Crippen LogP contribution in [0.4, 0.5) is 0 Å². The van der Waals surface area contributed by atoms with Gasteiger partial charge in [-0.2, -0.15) is 0 Å². The average Bonchev–Trinajstić information content (AvgIpc) is 2.18. The fourth-order valence-corrected chi connectivity index (χ4v) is 1.56. The molecule has 0 aliphatic rings. The van der Waals surface area contributed by atoms with E-state index in [9.17, 15) is 0 Å². The van der Waals surface area contributed by atoms with E-state index in [4.69, 9.17) is 16.3 Å². The average molecular weight is 199 g/mol. The molecule has 0 N–H and O–H groups in total. The number of ether oxygens (including phenoxy) is 1. The predicted molar refractivity (Wildman–Crippen MR) is 56.5 cm³/mol. The molecule has 0 fully saturated rings. The minimum Gasteiger partial charge on any atom is -0.496 e. The van der Waals surface area contributed by atoms with E-state index >= 15 is 0 Å². The second kappa shape index (κ2) is 5.13. The summed E-state index contributed by atoms with van der Waals surface area (Å²) in [6, 6.07) is 6.22. The maximum atomic E-state index is 5.76. The van der Waals surface area contributed by atoms with Gasteiger partial charge in [-0.1, -0.05) is 25.5 Å². The second-order valence-electron chi connectivity index (χ2n) is 3.03. The Morgan fingerprint density at radius 2 is 2.15 bits per heavy atom. The summed E-state index contributed by atoms with van der Waals surface area (Å²) in [7, 11) is 1.68. The Labute approximate surface area is 84.7 Å². The first-order chi connectivity index (χ1) is 6.31. The lowest BCUT2D eigenvalue weighted by atomic mass is 10.1. The zero-order valence-corrected chi connectivity index (χ0v) is 8.90. The molecule has 0 unspecified atom stereocenters. The summed E-state index contributed by atoms with van der Waals surface area (Å²) in [5.74, 6) is 1.41. The molecule has 0 aliphatic carbocycles. The number of benzene rings is 1. The third kappa shape index (κ3) is 2.63. The molecule has 0 spiro atoms. The molecule has 0 bridgehead atoms. The molecule has 0 saturated heterocycles. The Bertz CT molecular complexity index is 271. The van der Waals surface area contributed by atoms with E-state index in [1.54, 1.807) is 7.11 Å². The Morgan fingerprint density at radius 3 is 2.69 bits per heavy atom. The van der Waals surface area contributed by atoms with Gasteiger partial charge < -0.3 is 4.74 Å². The number of hydrogen-bond acceptors (Lipinski definition) is 1. The van der Waals surface area contributed by atoms with E-state index in [-0.39, 0.29) is 0 Å². The van der Waals surface area contributed by atoms with Crippen molar-refractivity contribution in [2.75, 3.05) is 7.11 Å². The summed E-state index contributed by atoms with van der Waals surface area (Å²) in [6.07, 6.45) is 2.25. The van der Waals surface area contributed by atoms with E-state index in [1.807, 2.05) is 6.07 Å². The van der Waals surface area contributed by atoms with Crippen LogP contribution in [0.25, 0.3) is 0 Å². The smallest absolute Gasteiger partial charge is 0.123 e. The minimum atomic E-state index is 0.510. The number of aryl methyl sites for hydroxylation is 1. The van der Waals surface area contributed by atoms with Crippen LogP contribution in [0, 0.1) is 0 Å². The van der Waals surface area contributed by atoms with Crippen LogP contribution in [0.3, 0.4) is 0 Å². The van der Waals surface area contributed by atoms with Gasteiger partial charge in [0.25, 0.3) is 0 Å². The molecule has 2 heteroatoms. The van der Waals surface area contributed by atoms with E-state index in [0.717, 1.165) is 24.2 Å². The van der Waals surface area contributed by atoms with Crippen LogP contribution in [0.5, 0.6) is 5.75 Å². The van der Waals surface area contributed by atoms with Crippen LogP contribution in [-0.4, -0.2) is 7.11 Å². The normalized spacial score (nSPS) is 10.1. The highest BCUT2D eigenvalue weighted by Gasteiger charge is 2.02. The highest BCUT2D eigenvalue weighted by Crippen LogP contribution is 2.22. The third-order valence-corrected chi connectivity index (χ3v) is 2.32. The summed E-state index contributed by atoms with van der Waals surface area (Å²) >= 11 is 5.76. The van der Waals surface area contributed by atoms with Crippen molar-refractivity contribution >= 4 is 11.6 Å². The maximum Gasteiger partial charge on any atom is 0.123 e. The topological polar surface area (TPSA) is 9.23 Å². The SMILES string of the molecule is CCCc1ccc(CCl)c(OC)c1. The Kier molecular flexibility index (Phi) is 4.10. The van der Waals surface area contributed by atoms with Gasteiger partial charge in [-0.25, -0.2) is 0 Å². The number of methoxy groups -OCH3 is 1. The second-order valence-corrected chi connectivity index (χ2v) is 3.30. The minimum absolute atomic E-state index is 0.510. The van der Waals surface area contributed by atoms with E-state index in [1.165, 1.54) is 5.56 Å². The molecule has 1 nitrogen and oxygen atoms in total. The molecular weight excluding hydrogens is 184 g/mol. The molecule has 0 heterocycles. The predicted octanol–water partition coefficient (Wildman–Crippen LogP) is 3.39. The highest BCUT2D eigenvalue weighted by atomic mass is 35.5. The molecule has 0 aliphatic heterocycles. The number of rotatable bonds is 4. The van der Waals surface area contributed by atoms with Crippen LogP contribution in [-0.2, 0) is 12.3 Å². The fraction of sp³-hybridized carbons (Fsp3) is 0.455. The van der Waals surface area contributed by atoms with Crippen LogP contribution >= 0.6 is 11.6 Å². The van der Waals surface area contributed by atoms with Gasteiger partial charge in [0.15, 0.2) is 0 Å². The third-order valence-electron chi connectivity index (χ3n) is 2.03. The first-order valence-corrected chi connectivity index (χ1v) is 5.07. The quantitative estimate of drug-likeness (QED) is 0.674. The molecule has 0 radical (unpaired) electrons. The molecule has 0 saturated carbocycles. The van der Waals surface area contributed by atoms with Crippen molar-refractivity contribution in [1.82, 2.24) is 0 Å². The fourth-order valence-electron chi connectivity index (χ4n) is 1.34. The molecule has 1 rings (SSSR count). The zero-order chi connectivity index (χ0) is 9.68. The molecule has 0 atom stereocenters. The van der Waals surface area contributed by atoms with Crippen molar-refractivity contribution in [1.29, 1.82) is 0 Å². The van der Waals surface area contributed by atoms with Crippen LogP contribution in [0.1, 0.15) is 24.5 Å². The molecule has 13 heavy (non-hydrogen) atoms. The molecule has 0 aromatic heterocycles. The maximum absolute atomic E-state index is 5.76. The monoisotopic (exact) mass is 198 g/mol. The summed E-state index contributed by atoms with van der Waals surface area (Å²) in [5.41, 5.74) is 2.37. The number of hydrogen-bond donors (Lipinski definition) is 0. The van der Waals surface area contributed by atoms with Gasteiger partial charge in [0.2, 0.25) is 0 Å². The number of alkyl halides is 1. The molecule has 0 amide bonds. The standard InChI is InChI=1S/C11H15ClO/c1-3-4-9-5-6-10(8-12)11(7-9)13-2/h5-7H,3-4,8H2,1-2H3. The van der Waals surface area contributed by atoms with Gasteiger partial charge >= 0.3 is 0 Å². The lowest BCUT2D eigenvalue weighted by molar-refractivity contribution is 0.410. The van der Waals surface area contributed by atoms with Crippen molar-refractivity contribution in [3.05, 3.63) is 29.3 Å². The van der Waals surface area contributed by atoms with Crippen LogP contribution in [0.2, 0.25) is 0 Å². The number of halogens is 1. The lowest BCUT2D eigenvalue weighted by Gasteiger charge is -2.07. The summed E-state index contributed by atoms with van der Waals surface area (Å²) < 4.78 is 5.24. The van der Waals surface area contributed by atoms with Crippen LogP contribution in [0.15, 0.2) is 18.2 Å². The Hall–Kier alpha value is -0.690. The first kappa shape index (κ1) is 10.4. The van der Waals surface area contributed by atoms with Crippen LogP contribution < -0.4 is 4.74 Å². The van der Waals surface area contributed by atoms with Gasteiger partial charge in [-0.15, -0.1) is 11.6 Å². The van der Waals surface area contributed by atoms with Crippen molar-refractivity contribution in [3.8, 4) is 5.75 Å². The largest absolute Gasteiger partial charge is 0.496 e. The summed E-state index contributed by atoms with van der Waals surface area (Å²) in [5, 5.41) is 0. The highest BCUT2D eigenvalue weighted by molar-refractivity contribution is 6.17.